The van der Waals surface area contributed by atoms with Gasteiger partial charge in [0, 0.05) is 5.56 Å². The van der Waals surface area contributed by atoms with E-state index in [4.69, 9.17) is 28.8 Å². The molecule has 0 amide bonds. The smallest absolute Gasteiger partial charge is 0.262 e. The second-order valence-electron chi connectivity index (χ2n) is 5.36. The lowest BCUT2D eigenvalue weighted by atomic mass is 10.0. The molecule has 0 atom stereocenters. The highest BCUT2D eigenvalue weighted by Crippen LogP contribution is 2.40. The van der Waals surface area contributed by atoms with Gasteiger partial charge in [-0.25, -0.2) is 0 Å². The minimum Gasteiger partial charge on any atom is -0.383 e. The second kappa shape index (κ2) is 5.61. The molecule has 0 aromatic carbocycles. The Morgan fingerprint density at radius 2 is 1.62 bits per heavy atom. The Morgan fingerprint density at radius 3 is 2.27 bits per heavy atom. The van der Waals surface area contributed by atoms with Crippen LogP contribution in [0.15, 0.2) is 21.7 Å². The number of nitrogens with one attached hydrogen (secondary N) is 3. The van der Waals surface area contributed by atoms with E-state index in [2.05, 4.69) is 24.9 Å². The van der Waals surface area contributed by atoms with E-state index in [1.165, 1.54) is 11.3 Å². The van der Waals surface area contributed by atoms with Gasteiger partial charge in [0.1, 0.15) is 11.5 Å². The summed E-state index contributed by atoms with van der Waals surface area (Å²) in [5, 5.41) is 0.127. The minimum absolute atomic E-state index is 0.00189. The molecule has 0 spiro atoms. The lowest BCUT2D eigenvalue weighted by Gasteiger charge is -2.06. The molecule has 10 nitrogen and oxygen atoms in total. The van der Waals surface area contributed by atoms with E-state index in [-0.39, 0.29) is 39.9 Å². The van der Waals surface area contributed by atoms with Crippen LogP contribution in [0.1, 0.15) is 0 Å². The number of halogens is 1. The predicted molar refractivity (Wildman–Crippen MR) is 102 cm³/mol. The fraction of sp³-hybridized carbons (Fsp3) is 0. The first-order chi connectivity index (χ1) is 12.3. The molecule has 0 fully saturated rings. The Bertz CT molecular complexity index is 1280. The number of rotatable bonds is 2. The standard InChI is InChI=1S/C14H11ClN8O2S/c15-4-2-1-3(26-4)8-5(6-9(16)20-13(17)22-11(6)24)7-10(19-8)21-14(18)23-12(7)25/h1-2H,(H5,16,17,20,22,24)(H4,18,19,21,23,25). The van der Waals surface area contributed by atoms with Gasteiger partial charge in [-0.1, -0.05) is 11.6 Å². The van der Waals surface area contributed by atoms with Crippen LogP contribution in [0, 0.1) is 0 Å². The van der Waals surface area contributed by atoms with Gasteiger partial charge < -0.3 is 22.2 Å². The van der Waals surface area contributed by atoms with E-state index < -0.39 is 11.1 Å². The van der Waals surface area contributed by atoms with Crippen molar-refractivity contribution in [1.29, 1.82) is 0 Å². The van der Waals surface area contributed by atoms with Gasteiger partial charge in [-0.3, -0.25) is 19.6 Å². The molecule has 4 rings (SSSR count). The Labute approximate surface area is 153 Å². The van der Waals surface area contributed by atoms with Crippen LogP contribution < -0.4 is 28.3 Å². The average Bonchev–Trinajstić information content (AvgIpc) is 3.10. The maximum atomic E-state index is 12.5. The summed E-state index contributed by atoms with van der Waals surface area (Å²) < 4.78 is 0.531. The zero-order valence-electron chi connectivity index (χ0n) is 12.9. The van der Waals surface area contributed by atoms with Crippen LogP contribution >= 0.6 is 22.9 Å². The third-order valence-electron chi connectivity index (χ3n) is 3.72. The molecular formula is C14H11ClN8O2S. The Balaban J connectivity index is 2.20. The quantitative estimate of drug-likeness (QED) is 0.296. The summed E-state index contributed by atoms with van der Waals surface area (Å²) >= 11 is 7.28. The molecule has 0 bridgehead atoms. The summed E-state index contributed by atoms with van der Waals surface area (Å²) in [5.41, 5.74) is 16.9. The van der Waals surface area contributed by atoms with E-state index >= 15 is 0 Å². The van der Waals surface area contributed by atoms with Crippen molar-refractivity contribution in [2.45, 2.75) is 0 Å². The third-order valence-corrected chi connectivity index (χ3v) is 4.97. The predicted octanol–water partition coefficient (Wildman–Crippen LogP) is 1.13. The lowest BCUT2D eigenvalue weighted by Crippen LogP contribution is -2.18. The number of nitrogen functional groups attached to an aromatic ring is 3. The number of thiophene rings is 1. The molecule has 0 saturated heterocycles. The van der Waals surface area contributed by atoms with Gasteiger partial charge in [0.05, 0.1) is 25.9 Å². The van der Waals surface area contributed by atoms with Crippen molar-refractivity contribution in [2.24, 2.45) is 0 Å². The highest BCUT2D eigenvalue weighted by molar-refractivity contribution is 7.19. The molecule has 9 N–H and O–H groups in total. The number of anilines is 3. The highest BCUT2D eigenvalue weighted by atomic mass is 35.5. The first-order valence-electron chi connectivity index (χ1n) is 7.18. The highest BCUT2D eigenvalue weighted by Gasteiger charge is 2.24. The zero-order valence-corrected chi connectivity index (χ0v) is 14.5. The number of hydrogen-bond acceptors (Lipinski definition) is 8. The molecule has 4 aromatic heterocycles. The number of aromatic amines is 3. The SMILES string of the molecule is Nc1nc(N)c(-c2c(-c3ccc(Cl)s3)[nH]c3nc(N)[nH]c(=O)c23)c(=O)[nH]1. The number of nitrogens with two attached hydrogens (primary N) is 3. The lowest BCUT2D eigenvalue weighted by molar-refractivity contribution is 1.15. The van der Waals surface area contributed by atoms with E-state index in [0.29, 0.717) is 14.9 Å². The van der Waals surface area contributed by atoms with Gasteiger partial charge in [-0.15, -0.1) is 11.3 Å². The maximum absolute atomic E-state index is 12.5. The summed E-state index contributed by atoms with van der Waals surface area (Å²) in [5.74, 6) is -0.316. The molecule has 0 aliphatic carbocycles. The molecule has 0 aliphatic rings. The largest absolute Gasteiger partial charge is 0.383 e. The van der Waals surface area contributed by atoms with Crippen LogP contribution in [0.5, 0.6) is 0 Å². The number of nitrogens with zero attached hydrogens (tertiary/aromatic N) is 2. The van der Waals surface area contributed by atoms with Gasteiger partial charge >= 0.3 is 0 Å². The molecule has 26 heavy (non-hydrogen) atoms. The number of fused-ring (bicyclic) bond motifs is 1. The van der Waals surface area contributed by atoms with Crippen LogP contribution in [0.3, 0.4) is 0 Å². The van der Waals surface area contributed by atoms with Crippen molar-refractivity contribution in [2.75, 3.05) is 17.2 Å². The monoisotopic (exact) mass is 390 g/mol. The number of H-pyrrole nitrogens is 3. The van der Waals surface area contributed by atoms with Crippen molar-refractivity contribution in [3.05, 3.63) is 37.2 Å². The molecule has 12 heteroatoms. The molecule has 0 saturated carbocycles. The zero-order chi connectivity index (χ0) is 18.6. The minimum atomic E-state index is -0.587. The fourth-order valence-electron chi connectivity index (χ4n) is 2.75. The van der Waals surface area contributed by atoms with Crippen molar-refractivity contribution in [3.8, 4) is 21.7 Å². The van der Waals surface area contributed by atoms with Crippen LogP contribution in [0.2, 0.25) is 4.34 Å². The topological polar surface area (TPSA) is 185 Å². The summed E-state index contributed by atoms with van der Waals surface area (Å²) in [6, 6.07) is 3.44. The van der Waals surface area contributed by atoms with Crippen LogP contribution in [-0.4, -0.2) is 24.9 Å². The first-order valence-corrected chi connectivity index (χ1v) is 8.37. The Kier molecular flexibility index (Phi) is 3.49. The van der Waals surface area contributed by atoms with Gasteiger partial charge in [-0.2, -0.15) is 9.97 Å². The van der Waals surface area contributed by atoms with Crippen molar-refractivity contribution >= 4 is 51.7 Å². The summed E-state index contributed by atoms with van der Waals surface area (Å²) in [6.45, 7) is 0. The fourth-order valence-corrected chi connectivity index (χ4v) is 3.80. The number of hydrogen-bond donors (Lipinski definition) is 6. The number of aromatic nitrogens is 5. The molecule has 4 heterocycles. The normalized spacial score (nSPS) is 11.3. The molecule has 4 aromatic rings. The first kappa shape index (κ1) is 16.2. The van der Waals surface area contributed by atoms with Crippen LogP contribution in [0.4, 0.5) is 17.7 Å². The van der Waals surface area contributed by atoms with Crippen LogP contribution in [0.25, 0.3) is 32.7 Å². The summed E-state index contributed by atoms with van der Waals surface area (Å²) in [7, 11) is 0. The molecule has 132 valence electrons. The van der Waals surface area contributed by atoms with E-state index in [1.807, 2.05) is 0 Å². The van der Waals surface area contributed by atoms with E-state index in [1.54, 1.807) is 12.1 Å². The third kappa shape index (κ3) is 2.41. The Morgan fingerprint density at radius 1 is 0.923 bits per heavy atom. The van der Waals surface area contributed by atoms with Crippen molar-refractivity contribution in [3.63, 3.8) is 0 Å². The van der Waals surface area contributed by atoms with Gasteiger partial charge in [-0.05, 0) is 12.1 Å². The van der Waals surface area contributed by atoms with Gasteiger partial charge in [0.25, 0.3) is 11.1 Å². The van der Waals surface area contributed by atoms with Crippen molar-refractivity contribution in [1.82, 2.24) is 24.9 Å². The van der Waals surface area contributed by atoms with E-state index in [0.717, 1.165) is 0 Å². The average molecular weight is 391 g/mol. The summed E-state index contributed by atoms with van der Waals surface area (Å²) in [6.07, 6.45) is 0. The Hall–Kier alpha value is -3.31. The van der Waals surface area contributed by atoms with Gasteiger partial charge in [0.2, 0.25) is 11.9 Å². The molecule has 0 radical (unpaired) electrons. The maximum Gasteiger partial charge on any atom is 0.262 e. The van der Waals surface area contributed by atoms with Crippen LogP contribution in [-0.2, 0) is 0 Å². The molecule has 0 unspecified atom stereocenters. The van der Waals surface area contributed by atoms with Crippen molar-refractivity contribution < 1.29 is 0 Å². The van der Waals surface area contributed by atoms with Gasteiger partial charge in [0.15, 0.2) is 0 Å². The summed E-state index contributed by atoms with van der Waals surface area (Å²) in [4.78, 5) is 41.5. The molecule has 0 aliphatic heterocycles. The molecular weight excluding hydrogens is 380 g/mol. The van der Waals surface area contributed by atoms with E-state index in [9.17, 15) is 9.59 Å². The second-order valence-corrected chi connectivity index (χ2v) is 7.08.